The van der Waals surface area contributed by atoms with Crippen LogP contribution in [0.3, 0.4) is 0 Å². The first kappa shape index (κ1) is 11.8. The molecule has 2 aliphatic rings. The largest absolute Gasteiger partial charge is 0.393 e. The van der Waals surface area contributed by atoms with Crippen LogP contribution in [0.25, 0.3) is 0 Å². The van der Waals surface area contributed by atoms with Gasteiger partial charge in [0.25, 0.3) is 0 Å². The molecule has 104 valence electrons. The van der Waals surface area contributed by atoms with Crippen LogP contribution in [0.15, 0.2) is 23.4 Å². The summed E-state index contributed by atoms with van der Waals surface area (Å²) in [7, 11) is 0. The molecule has 0 amide bonds. The van der Waals surface area contributed by atoms with Gasteiger partial charge in [0, 0.05) is 18.8 Å². The van der Waals surface area contributed by atoms with Crippen LogP contribution in [0, 0.1) is 0 Å². The van der Waals surface area contributed by atoms with Crippen LogP contribution in [-0.2, 0) is 6.42 Å². The van der Waals surface area contributed by atoms with E-state index in [9.17, 15) is 9.90 Å². The Kier molecular flexibility index (Phi) is 2.50. The maximum atomic E-state index is 12.5. The molecule has 20 heavy (non-hydrogen) atoms. The Morgan fingerprint density at radius 1 is 1.30 bits per heavy atom. The molecule has 1 N–H and O–H groups in total. The van der Waals surface area contributed by atoms with E-state index in [2.05, 4.69) is 15.1 Å². The predicted octanol–water partition coefficient (Wildman–Crippen LogP) is 0.0662. The lowest BCUT2D eigenvalue weighted by Gasteiger charge is -2.30. The highest BCUT2D eigenvalue weighted by Crippen LogP contribution is 2.33. The second kappa shape index (κ2) is 4.24. The first-order chi connectivity index (χ1) is 9.74. The molecular formula is C13H15N5O2. The lowest BCUT2D eigenvalue weighted by atomic mass is 9.90. The van der Waals surface area contributed by atoms with Crippen molar-refractivity contribution in [3.05, 3.63) is 40.6 Å². The average molecular weight is 273 g/mol. The molecule has 1 saturated carbocycles. The monoisotopic (exact) mass is 273 g/mol. The minimum Gasteiger partial charge on any atom is -0.393 e. The normalized spacial score (nSPS) is 28.1. The summed E-state index contributed by atoms with van der Waals surface area (Å²) in [4.78, 5) is 20.9. The Morgan fingerprint density at radius 3 is 2.85 bits per heavy atom. The smallest absolute Gasteiger partial charge is 0.346 e. The van der Waals surface area contributed by atoms with Crippen LogP contribution in [0.2, 0.25) is 0 Å². The second-order valence-corrected chi connectivity index (χ2v) is 5.48. The molecule has 1 unspecified atom stereocenters. The van der Waals surface area contributed by atoms with E-state index in [0.717, 1.165) is 24.4 Å². The van der Waals surface area contributed by atoms with E-state index < -0.39 is 0 Å². The quantitative estimate of drug-likeness (QED) is 0.836. The zero-order valence-electron chi connectivity index (χ0n) is 10.9. The van der Waals surface area contributed by atoms with Gasteiger partial charge in [-0.15, -0.1) is 0 Å². The number of aliphatic hydroxyl groups is 1. The topological polar surface area (TPSA) is 85.8 Å². The van der Waals surface area contributed by atoms with Crippen molar-refractivity contribution in [2.75, 3.05) is 0 Å². The van der Waals surface area contributed by atoms with Crippen molar-refractivity contribution in [1.29, 1.82) is 0 Å². The van der Waals surface area contributed by atoms with Gasteiger partial charge in [-0.05, 0) is 19.3 Å². The molecule has 7 heteroatoms. The van der Waals surface area contributed by atoms with E-state index in [1.807, 2.05) is 0 Å². The standard InChI is InChI=1S/C13H15N5O2/c19-9-5-8(6-9)18-13(20)17-11(1-2-12(17)16-18)10-7-14-3-4-15-10/h3-4,7-9,11,19H,1-2,5-6H2. The van der Waals surface area contributed by atoms with Crippen molar-refractivity contribution >= 4 is 0 Å². The third-order valence-corrected chi connectivity index (χ3v) is 4.22. The third kappa shape index (κ3) is 1.62. The molecule has 7 nitrogen and oxygen atoms in total. The Hall–Kier alpha value is -2.02. The van der Waals surface area contributed by atoms with Gasteiger partial charge in [0.15, 0.2) is 0 Å². The Bertz CT molecular complexity index is 687. The molecule has 1 fully saturated rings. The molecule has 1 atom stereocenters. The van der Waals surface area contributed by atoms with Gasteiger partial charge < -0.3 is 5.11 Å². The first-order valence-electron chi connectivity index (χ1n) is 6.88. The Labute approximate surface area is 114 Å². The minimum absolute atomic E-state index is 0.0399. The fraction of sp³-hybridized carbons (Fsp3) is 0.538. The van der Waals surface area contributed by atoms with Gasteiger partial charge in [0.2, 0.25) is 0 Å². The van der Waals surface area contributed by atoms with Gasteiger partial charge in [-0.25, -0.2) is 9.48 Å². The van der Waals surface area contributed by atoms with Crippen LogP contribution >= 0.6 is 0 Å². The summed E-state index contributed by atoms with van der Waals surface area (Å²) in [6.07, 6.45) is 7.53. The Balaban J connectivity index is 1.73. The number of hydrogen-bond acceptors (Lipinski definition) is 5. The molecule has 2 aromatic heterocycles. The van der Waals surface area contributed by atoms with Crippen LogP contribution < -0.4 is 5.69 Å². The van der Waals surface area contributed by atoms with E-state index in [0.29, 0.717) is 12.8 Å². The molecule has 0 saturated heterocycles. The van der Waals surface area contributed by atoms with Gasteiger partial charge in [-0.2, -0.15) is 5.10 Å². The Morgan fingerprint density at radius 2 is 2.15 bits per heavy atom. The number of hydrogen-bond donors (Lipinski definition) is 1. The molecule has 3 heterocycles. The highest BCUT2D eigenvalue weighted by Gasteiger charge is 2.35. The van der Waals surface area contributed by atoms with E-state index in [-0.39, 0.29) is 23.9 Å². The van der Waals surface area contributed by atoms with Gasteiger partial charge >= 0.3 is 5.69 Å². The third-order valence-electron chi connectivity index (χ3n) is 4.22. The van der Waals surface area contributed by atoms with Crippen molar-refractivity contribution in [2.24, 2.45) is 0 Å². The van der Waals surface area contributed by atoms with Gasteiger partial charge in [-0.1, -0.05) is 0 Å². The molecule has 0 radical (unpaired) electrons. The van der Waals surface area contributed by atoms with Crippen molar-refractivity contribution in [1.82, 2.24) is 24.3 Å². The summed E-state index contributed by atoms with van der Waals surface area (Å²) < 4.78 is 3.26. The lowest BCUT2D eigenvalue weighted by Crippen LogP contribution is -2.38. The summed E-state index contributed by atoms with van der Waals surface area (Å²) in [6.45, 7) is 0. The van der Waals surface area contributed by atoms with Gasteiger partial charge in [-0.3, -0.25) is 14.5 Å². The summed E-state index contributed by atoms with van der Waals surface area (Å²) >= 11 is 0. The van der Waals surface area contributed by atoms with E-state index in [1.54, 1.807) is 23.2 Å². The van der Waals surface area contributed by atoms with E-state index in [4.69, 9.17) is 0 Å². The van der Waals surface area contributed by atoms with Crippen molar-refractivity contribution in [2.45, 2.75) is 43.9 Å². The molecule has 2 aromatic rings. The fourth-order valence-electron chi connectivity index (χ4n) is 3.07. The molecule has 0 aromatic carbocycles. The second-order valence-electron chi connectivity index (χ2n) is 5.48. The number of fused-ring (bicyclic) bond motifs is 1. The molecule has 1 aliphatic heterocycles. The SMILES string of the molecule is O=c1n(C2CC(O)C2)nc2n1C(c1cnccn1)CC2. The average Bonchev–Trinajstić information content (AvgIpc) is 2.97. The molecule has 0 spiro atoms. The number of aromatic nitrogens is 5. The number of aliphatic hydroxyl groups excluding tert-OH is 1. The zero-order valence-corrected chi connectivity index (χ0v) is 10.9. The fourth-order valence-corrected chi connectivity index (χ4v) is 3.07. The first-order valence-corrected chi connectivity index (χ1v) is 6.88. The van der Waals surface area contributed by atoms with E-state index in [1.165, 1.54) is 4.68 Å². The number of nitrogens with zero attached hydrogens (tertiary/aromatic N) is 5. The van der Waals surface area contributed by atoms with Gasteiger partial charge in [0.05, 0.1) is 30.1 Å². The van der Waals surface area contributed by atoms with Crippen molar-refractivity contribution in [3.63, 3.8) is 0 Å². The molecule has 0 bridgehead atoms. The van der Waals surface area contributed by atoms with Crippen molar-refractivity contribution < 1.29 is 5.11 Å². The maximum absolute atomic E-state index is 12.5. The van der Waals surface area contributed by atoms with E-state index >= 15 is 0 Å². The van der Waals surface area contributed by atoms with Crippen LogP contribution in [-0.4, -0.2) is 35.5 Å². The molecule has 4 rings (SSSR count). The minimum atomic E-state index is -0.292. The number of aryl methyl sites for hydroxylation is 1. The summed E-state index contributed by atoms with van der Waals surface area (Å²) in [5.41, 5.74) is 0.714. The molecule has 1 aliphatic carbocycles. The summed E-state index contributed by atoms with van der Waals surface area (Å²) in [5.74, 6) is 0.812. The van der Waals surface area contributed by atoms with Crippen LogP contribution in [0.5, 0.6) is 0 Å². The molecular weight excluding hydrogens is 258 g/mol. The van der Waals surface area contributed by atoms with Crippen LogP contribution in [0.4, 0.5) is 0 Å². The predicted molar refractivity (Wildman–Crippen MR) is 69.3 cm³/mol. The van der Waals surface area contributed by atoms with Crippen molar-refractivity contribution in [3.8, 4) is 0 Å². The zero-order chi connectivity index (χ0) is 13.7. The highest BCUT2D eigenvalue weighted by molar-refractivity contribution is 5.12. The summed E-state index contributed by atoms with van der Waals surface area (Å²) in [5, 5.41) is 13.8. The summed E-state index contributed by atoms with van der Waals surface area (Å²) in [6, 6.07) is -0.0249. The maximum Gasteiger partial charge on any atom is 0.346 e. The lowest BCUT2D eigenvalue weighted by molar-refractivity contribution is 0.0413. The van der Waals surface area contributed by atoms with Gasteiger partial charge in [0.1, 0.15) is 5.82 Å². The highest BCUT2D eigenvalue weighted by atomic mass is 16.3. The van der Waals surface area contributed by atoms with Crippen LogP contribution in [0.1, 0.15) is 42.9 Å². The number of rotatable bonds is 2.